The number of aromatic hydroxyl groups is 2. The van der Waals surface area contributed by atoms with E-state index < -0.39 is 0 Å². The molecule has 0 atom stereocenters. The van der Waals surface area contributed by atoms with Gasteiger partial charge in [-0.3, -0.25) is 5.04 Å². The van der Waals surface area contributed by atoms with E-state index in [2.05, 4.69) is 19.6 Å². The molecule has 128 valence electrons. The first-order chi connectivity index (χ1) is 12.1. The first kappa shape index (κ1) is 20.7. The van der Waals surface area contributed by atoms with Crippen molar-refractivity contribution in [1.82, 2.24) is 0 Å². The number of rotatable bonds is 5. The van der Waals surface area contributed by atoms with E-state index in [1.54, 1.807) is 43.3 Å². The molecule has 0 saturated carbocycles. The van der Waals surface area contributed by atoms with E-state index in [-0.39, 0.29) is 41.1 Å². The molecular weight excluding hydrogens is 367 g/mol. The molecule has 3 aromatic rings. The van der Waals surface area contributed by atoms with Crippen molar-refractivity contribution in [2.45, 2.75) is 11.8 Å². The molecule has 0 aliphatic heterocycles. The summed E-state index contributed by atoms with van der Waals surface area (Å²) in [5.74, 6) is 0.251. The fraction of sp³-hybridized carbons (Fsp3) is 0.0588. The van der Waals surface area contributed by atoms with Crippen molar-refractivity contribution in [1.29, 1.82) is 0 Å². The maximum atomic E-state index is 10.3. The summed E-state index contributed by atoms with van der Waals surface area (Å²) in [4.78, 5) is 0.550. The third-order valence-corrected chi connectivity index (χ3v) is 4.31. The number of azo groups is 1. The molecule has 0 unspecified atom stereocenters. The van der Waals surface area contributed by atoms with Crippen molar-refractivity contribution >= 4 is 34.2 Å². The Bertz CT molecular complexity index is 935. The van der Waals surface area contributed by atoms with Gasteiger partial charge in [-0.25, -0.2) is 0 Å². The number of phenols is 2. The third-order valence-electron chi connectivity index (χ3n) is 3.58. The van der Waals surface area contributed by atoms with E-state index in [1.807, 2.05) is 0 Å². The van der Waals surface area contributed by atoms with E-state index >= 15 is 0 Å². The second-order valence-corrected chi connectivity index (χ2v) is 5.93. The van der Waals surface area contributed by atoms with Crippen LogP contribution in [0.3, 0.4) is 0 Å². The van der Waals surface area contributed by atoms with Crippen LogP contribution in [0.1, 0.15) is 5.56 Å². The van der Waals surface area contributed by atoms with Gasteiger partial charge in [-0.1, -0.05) is 0 Å². The Hall–Kier alpha value is -1.65. The Morgan fingerprint density at radius 1 is 0.962 bits per heavy atom. The number of hydrogen-bond donors (Lipinski definition) is 2. The first-order valence-corrected chi connectivity index (χ1v) is 7.93. The van der Waals surface area contributed by atoms with E-state index in [1.165, 1.54) is 12.1 Å². The fourth-order valence-corrected chi connectivity index (χ4v) is 2.79. The van der Waals surface area contributed by atoms with Gasteiger partial charge in [0.25, 0.3) is 0 Å². The van der Waals surface area contributed by atoms with Crippen LogP contribution in [0, 0.1) is 6.92 Å². The molecule has 3 rings (SSSR count). The van der Waals surface area contributed by atoms with Crippen molar-refractivity contribution in [2.75, 3.05) is 0 Å². The molecule has 0 fully saturated rings. The zero-order chi connectivity index (χ0) is 17.8. The zero-order valence-electron chi connectivity index (χ0n) is 14.0. The van der Waals surface area contributed by atoms with Gasteiger partial charge in [0.1, 0.15) is 11.5 Å². The van der Waals surface area contributed by atoms with Gasteiger partial charge in [-0.2, -0.15) is 14.6 Å². The minimum atomic E-state index is 0. The summed E-state index contributed by atoms with van der Waals surface area (Å²) in [7, 11) is 0. The van der Waals surface area contributed by atoms with Crippen LogP contribution in [0.25, 0.3) is 10.8 Å². The summed E-state index contributed by atoms with van der Waals surface area (Å²) in [6.45, 7) is 1.71. The van der Waals surface area contributed by atoms with Crippen LogP contribution in [-0.4, -0.2) is 10.2 Å². The maximum Gasteiger partial charge on any atom is 1.00 e. The molecule has 2 N–H and O–H groups in total. The number of hydrogen-bond acceptors (Lipinski definition) is 8. The molecule has 0 heterocycles. The Balaban J connectivity index is 0.00000243. The predicted molar refractivity (Wildman–Crippen MR) is 90.7 cm³/mol. The average molecular weight is 380 g/mol. The summed E-state index contributed by atoms with van der Waals surface area (Å²) in [5.41, 5.74) is 1.76. The third kappa shape index (κ3) is 4.74. The number of phenolic OH excluding ortho intramolecular Hbond substituents is 2. The number of fused-ring (bicyclic) bond motifs is 1. The molecule has 0 aliphatic carbocycles. The van der Waals surface area contributed by atoms with Gasteiger partial charge in [0.05, 0.1) is 23.4 Å². The summed E-state index contributed by atoms with van der Waals surface area (Å²) in [6, 6.07) is 13.3. The average Bonchev–Trinajstić information content (AvgIpc) is 2.63. The van der Waals surface area contributed by atoms with Gasteiger partial charge in [0.2, 0.25) is 0 Å². The van der Waals surface area contributed by atoms with Gasteiger partial charge < -0.3 is 15.5 Å². The Labute approximate surface area is 175 Å². The van der Waals surface area contributed by atoms with Crippen LogP contribution >= 0.6 is 12.0 Å². The Morgan fingerprint density at radius 3 is 2.31 bits per heavy atom. The van der Waals surface area contributed by atoms with Gasteiger partial charge in [0.15, 0.2) is 0 Å². The smallest absolute Gasteiger partial charge is 0.691 e. The van der Waals surface area contributed by atoms with Crippen molar-refractivity contribution < 1.29 is 54.4 Å². The Kier molecular flexibility index (Phi) is 7.42. The van der Waals surface area contributed by atoms with Gasteiger partial charge >= 0.3 is 29.6 Å². The summed E-state index contributed by atoms with van der Waals surface area (Å²) < 4.78 is 4.34. The summed E-state index contributed by atoms with van der Waals surface area (Å²) in [5, 5.41) is 42.5. The SMILES string of the molecule is Cc1c(SOO[O-])cc2cc(N=Nc3ccc(O)cc3)ccc2c1O.[Na+]. The molecule has 7 nitrogen and oxygen atoms in total. The minimum Gasteiger partial charge on any atom is -0.691 e. The molecule has 0 saturated heterocycles. The molecule has 0 spiro atoms. The molecule has 0 radical (unpaired) electrons. The van der Waals surface area contributed by atoms with Crippen LogP contribution in [0.2, 0.25) is 0 Å². The van der Waals surface area contributed by atoms with Crippen molar-refractivity contribution in [3.63, 3.8) is 0 Å². The normalized spacial score (nSPS) is 11.0. The molecule has 3 aromatic carbocycles. The van der Waals surface area contributed by atoms with Crippen LogP contribution in [-0.2, 0) is 9.37 Å². The minimum absolute atomic E-state index is 0. The monoisotopic (exact) mass is 380 g/mol. The van der Waals surface area contributed by atoms with E-state index in [0.717, 1.165) is 12.0 Å². The number of nitrogens with zero attached hydrogens (tertiary/aromatic N) is 2. The van der Waals surface area contributed by atoms with Crippen LogP contribution in [0.5, 0.6) is 11.5 Å². The molecular formula is C17H13N2NaO5S. The van der Waals surface area contributed by atoms with E-state index in [0.29, 0.717) is 32.6 Å². The predicted octanol–water partition coefficient (Wildman–Crippen LogP) is 1.21. The maximum absolute atomic E-state index is 10.3. The molecule has 0 aliphatic rings. The van der Waals surface area contributed by atoms with Gasteiger partial charge in [0, 0.05) is 15.8 Å². The molecule has 0 bridgehead atoms. The topological polar surface area (TPSA) is 107 Å². The fourth-order valence-electron chi connectivity index (χ4n) is 2.29. The molecule has 9 heteroatoms. The largest absolute Gasteiger partial charge is 1.00 e. The van der Waals surface area contributed by atoms with E-state index in [4.69, 9.17) is 0 Å². The second-order valence-electron chi connectivity index (χ2n) is 5.19. The Morgan fingerprint density at radius 2 is 1.62 bits per heavy atom. The van der Waals surface area contributed by atoms with Gasteiger partial charge in [-0.15, -0.1) is 0 Å². The van der Waals surface area contributed by atoms with Crippen molar-refractivity contribution in [3.8, 4) is 11.5 Å². The van der Waals surface area contributed by atoms with Crippen LogP contribution in [0.4, 0.5) is 11.4 Å². The summed E-state index contributed by atoms with van der Waals surface area (Å²) in [6.07, 6.45) is 0. The van der Waals surface area contributed by atoms with E-state index in [9.17, 15) is 15.5 Å². The molecule has 0 amide bonds. The van der Waals surface area contributed by atoms with Gasteiger partial charge in [-0.05, 0) is 60.8 Å². The molecule has 0 aromatic heterocycles. The standard InChI is InChI=1S/C17H14N2O5S.Na/c1-10-16(25-24-23-22)9-11-8-13(4-7-15(11)17(10)21)19-18-12-2-5-14(20)6-3-12;/h2-9,20-22H,1H3;/q;+1/p-1. The van der Waals surface area contributed by atoms with Crippen LogP contribution < -0.4 is 34.8 Å². The second kappa shape index (κ2) is 9.33. The molecule has 26 heavy (non-hydrogen) atoms. The quantitative estimate of drug-likeness (QED) is 0.227. The first-order valence-electron chi connectivity index (χ1n) is 7.19. The van der Waals surface area contributed by atoms with Crippen molar-refractivity contribution in [3.05, 3.63) is 54.1 Å². The van der Waals surface area contributed by atoms with Crippen LogP contribution in [0.15, 0.2) is 63.7 Å². The summed E-state index contributed by atoms with van der Waals surface area (Å²) >= 11 is 0.721. The zero-order valence-corrected chi connectivity index (χ0v) is 16.9. The number of benzene rings is 3. The van der Waals surface area contributed by atoms with Crippen molar-refractivity contribution in [2.24, 2.45) is 10.2 Å².